The van der Waals surface area contributed by atoms with Gasteiger partial charge in [-0.15, -0.1) is 11.8 Å². The molecule has 88 valence electrons. The zero-order valence-corrected chi connectivity index (χ0v) is 9.66. The van der Waals surface area contributed by atoms with Crippen molar-refractivity contribution in [1.29, 1.82) is 0 Å². The fraction of sp³-hybridized carbons (Fsp3) is 0.889. The molecular formula is C9H17NO4S. The van der Waals surface area contributed by atoms with Crippen LogP contribution in [0.4, 0.5) is 0 Å². The van der Waals surface area contributed by atoms with Crippen molar-refractivity contribution in [2.75, 3.05) is 12.4 Å². The molecule has 1 heterocycles. The van der Waals surface area contributed by atoms with Crippen molar-refractivity contribution in [1.82, 2.24) is 5.32 Å². The molecular weight excluding hydrogens is 218 g/mol. The van der Waals surface area contributed by atoms with E-state index in [1.807, 2.05) is 6.92 Å². The molecule has 1 unspecified atom stereocenters. The van der Waals surface area contributed by atoms with Crippen LogP contribution in [0.3, 0.4) is 0 Å². The van der Waals surface area contributed by atoms with Gasteiger partial charge >= 0.3 is 0 Å². The number of ether oxygens (including phenoxy) is 1. The Labute approximate surface area is 93.2 Å². The SMILES string of the molecule is CCSC1O[C@H](CO)[C@H](O)[C@H]1NC(C)=O. The summed E-state index contributed by atoms with van der Waals surface area (Å²) in [6.07, 6.45) is -1.45. The van der Waals surface area contributed by atoms with Crippen molar-refractivity contribution in [3.63, 3.8) is 0 Å². The van der Waals surface area contributed by atoms with E-state index in [9.17, 15) is 9.90 Å². The van der Waals surface area contributed by atoms with Gasteiger partial charge in [-0.05, 0) is 5.75 Å². The normalized spacial score (nSPS) is 35.5. The summed E-state index contributed by atoms with van der Waals surface area (Å²) in [4.78, 5) is 10.9. The van der Waals surface area contributed by atoms with E-state index in [2.05, 4.69) is 5.32 Å². The monoisotopic (exact) mass is 235 g/mol. The van der Waals surface area contributed by atoms with E-state index in [0.29, 0.717) is 0 Å². The van der Waals surface area contributed by atoms with Gasteiger partial charge in [0.2, 0.25) is 5.91 Å². The molecule has 5 nitrogen and oxygen atoms in total. The van der Waals surface area contributed by atoms with Crippen LogP contribution in [0.2, 0.25) is 0 Å². The molecule has 4 atom stereocenters. The lowest BCUT2D eigenvalue weighted by atomic mass is 10.1. The maximum absolute atomic E-state index is 10.9. The van der Waals surface area contributed by atoms with E-state index in [1.54, 1.807) is 0 Å². The largest absolute Gasteiger partial charge is 0.394 e. The summed E-state index contributed by atoms with van der Waals surface area (Å²) >= 11 is 1.50. The van der Waals surface area contributed by atoms with Gasteiger partial charge in [-0.1, -0.05) is 6.92 Å². The Bertz CT molecular complexity index is 226. The quantitative estimate of drug-likeness (QED) is 0.602. The molecule has 1 rings (SSSR count). The first kappa shape index (κ1) is 12.8. The topological polar surface area (TPSA) is 78.8 Å². The maximum Gasteiger partial charge on any atom is 0.217 e. The predicted molar refractivity (Wildman–Crippen MR) is 57.5 cm³/mol. The van der Waals surface area contributed by atoms with E-state index < -0.39 is 18.2 Å². The Hall–Kier alpha value is -0.300. The number of aliphatic hydroxyl groups is 2. The first-order chi connectivity index (χ1) is 7.10. The standard InChI is InChI=1S/C9H17NO4S/c1-3-15-9-7(10-5(2)12)8(13)6(4-11)14-9/h6-9,11,13H,3-4H2,1-2H3,(H,10,12)/t6-,7-,8+,9?/m1/s1. The Kier molecular flexibility index (Phi) is 4.85. The second-order valence-electron chi connectivity index (χ2n) is 3.40. The smallest absolute Gasteiger partial charge is 0.217 e. The molecule has 0 spiro atoms. The number of amides is 1. The Morgan fingerprint density at radius 3 is 2.73 bits per heavy atom. The molecule has 6 heteroatoms. The van der Waals surface area contributed by atoms with Crippen LogP contribution in [-0.2, 0) is 9.53 Å². The molecule has 0 aliphatic carbocycles. The average Bonchev–Trinajstić information content (AvgIpc) is 2.46. The minimum Gasteiger partial charge on any atom is -0.394 e. The van der Waals surface area contributed by atoms with Gasteiger partial charge < -0.3 is 20.3 Å². The lowest BCUT2D eigenvalue weighted by molar-refractivity contribution is -0.120. The number of rotatable bonds is 4. The summed E-state index contributed by atoms with van der Waals surface area (Å²) in [5, 5.41) is 21.4. The van der Waals surface area contributed by atoms with Gasteiger partial charge in [-0.2, -0.15) is 0 Å². The minimum absolute atomic E-state index is 0.206. The summed E-state index contributed by atoms with van der Waals surface area (Å²) < 4.78 is 5.42. The summed E-state index contributed by atoms with van der Waals surface area (Å²) in [5.41, 5.74) is -0.286. The van der Waals surface area contributed by atoms with Crippen LogP contribution in [0.1, 0.15) is 13.8 Å². The van der Waals surface area contributed by atoms with Crippen molar-refractivity contribution in [3.05, 3.63) is 0 Å². The molecule has 1 aliphatic heterocycles. The summed E-state index contributed by atoms with van der Waals surface area (Å²) in [6.45, 7) is 3.13. The molecule has 3 N–H and O–H groups in total. The molecule has 0 aromatic heterocycles. The molecule has 1 amide bonds. The second kappa shape index (κ2) is 5.69. The highest BCUT2D eigenvalue weighted by molar-refractivity contribution is 7.99. The van der Waals surface area contributed by atoms with E-state index in [0.717, 1.165) is 5.75 Å². The van der Waals surface area contributed by atoms with Gasteiger partial charge in [0.15, 0.2) is 0 Å². The molecule has 0 aromatic rings. The van der Waals surface area contributed by atoms with Crippen molar-refractivity contribution in [2.45, 2.75) is 37.5 Å². The van der Waals surface area contributed by atoms with Crippen LogP contribution in [0.15, 0.2) is 0 Å². The van der Waals surface area contributed by atoms with E-state index in [1.165, 1.54) is 18.7 Å². The zero-order chi connectivity index (χ0) is 11.4. The minimum atomic E-state index is -0.844. The molecule has 0 saturated carbocycles. The number of aliphatic hydroxyl groups excluding tert-OH is 2. The van der Waals surface area contributed by atoms with Crippen LogP contribution in [0.25, 0.3) is 0 Å². The van der Waals surface area contributed by atoms with Crippen LogP contribution in [-0.4, -0.2) is 52.2 Å². The maximum atomic E-state index is 10.9. The summed E-state index contributed by atoms with van der Waals surface area (Å²) in [7, 11) is 0. The number of nitrogens with one attached hydrogen (secondary N) is 1. The van der Waals surface area contributed by atoms with Gasteiger partial charge in [0.25, 0.3) is 0 Å². The molecule has 0 bridgehead atoms. The summed E-state index contributed by atoms with van der Waals surface area (Å²) in [6, 6.07) is -0.440. The molecule has 1 fully saturated rings. The highest BCUT2D eigenvalue weighted by Crippen LogP contribution is 2.29. The van der Waals surface area contributed by atoms with Crippen LogP contribution in [0, 0.1) is 0 Å². The third-order valence-corrected chi connectivity index (χ3v) is 3.30. The number of hydrogen-bond acceptors (Lipinski definition) is 5. The van der Waals surface area contributed by atoms with E-state index in [4.69, 9.17) is 9.84 Å². The fourth-order valence-corrected chi connectivity index (χ4v) is 2.56. The fourth-order valence-electron chi connectivity index (χ4n) is 1.58. The molecule has 1 aliphatic rings. The second-order valence-corrected chi connectivity index (χ2v) is 4.77. The van der Waals surface area contributed by atoms with Gasteiger partial charge in [0.1, 0.15) is 17.6 Å². The van der Waals surface area contributed by atoms with Crippen LogP contribution >= 0.6 is 11.8 Å². The highest BCUT2D eigenvalue weighted by atomic mass is 32.2. The van der Waals surface area contributed by atoms with Crippen molar-refractivity contribution >= 4 is 17.7 Å². The van der Waals surface area contributed by atoms with Crippen LogP contribution < -0.4 is 5.32 Å². The molecule has 0 aromatic carbocycles. The van der Waals surface area contributed by atoms with Crippen molar-refractivity contribution in [3.8, 4) is 0 Å². The number of thioether (sulfide) groups is 1. The van der Waals surface area contributed by atoms with Gasteiger partial charge in [0.05, 0.1) is 12.6 Å². The van der Waals surface area contributed by atoms with Crippen LogP contribution in [0.5, 0.6) is 0 Å². The van der Waals surface area contributed by atoms with E-state index >= 15 is 0 Å². The lowest BCUT2D eigenvalue weighted by Crippen LogP contribution is -2.46. The molecule has 15 heavy (non-hydrogen) atoms. The van der Waals surface area contributed by atoms with E-state index in [-0.39, 0.29) is 18.0 Å². The van der Waals surface area contributed by atoms with Gasteiger partial charge in [-0.25, -0.2) is 0 Å². The highest BCUT2D eigenvalue weighted by Gasteiger charge is 2.43. The lowest BCUT2D eigenvalue weighted by Gasteiger charge is -2.19. The Morgan fingerprint density at radius 1 is 1.60 bits per heavy atom. The molecule has 1 saturated heterocycles. The van der Waals surface area contributed by atoms with Crippen molar-refractivity contribution < 1.29 is 19.7 Å². The first-order valence-corrected chi connectivity index (χ1v) is 5.98. The third kappa shape index (κ3) is 3.07. The third-order valence-electron chi connectivity index (χ3n) is 2.23. The van der Waals surface area contributed by atoms with Crippen molar-refractivity contribution in [2.24, 2.45) is 0 Å². The number of carbonyl (C=O) groups excluding carboxylic acids is 1. The summed E-state index contributed by atoms with van der Waals surface area (Å²) in [5.74, 6) is 0.619. The molecule has 0 radical (unpaired) electrons. The number of carbonyl (C=O) groups is 1. The van der Waals surface area contributed by atoms with Gasteiger partial charge in [0, 0.05) is 6.92 Å². The zero-order valence-electron chi connectivity index (χ0n) is 8.84. The Morgan fingerprint density at radius 2 is 2.27 bits per heavy atom. The van der Waals surface area contributed by atoms with Gasteiger partial charge in [-0.3, -0.25) is 4.79 Å². The first-order valence-electron chi connectivity index (χ1n) is 4.93. The predicted octanol–water partition coefficient (Wildman–Crippen LogP) is -0.678. The number of hydrogen-bond donors (Lipinski definition) is 3. The Balaban J connectivity index is 2.64. The average molecular weight is 235 g/mol.